The number of benzene rings is 1. The predicted molar refractivity (Wildman–Crippen MR) is 121 cm³/mol. The van der Waals surface area contributed by atoms with Crippen LogP contribution in [0.4, 0.5) is 16.2 Å². The van der Waals surface area contributed by atoms with Gasteiger partial charge in [0.05, 0.1) is 13.2 Å². The number of nitrogens with two attached hydrogens (primary N) is 1. The van der Waals surface area contributed by atoms with E-state index in [0.717, 1.165) is 11.4 Å². The van der Waals surface area contributed by atoms with Crippen LogP contribution < -0.4 is 15.5 Å². The first-order valence-electron chi connectivity index (χ1n) is 8.85. The summed E-state index contributed by atoms with van der Waals surface area (Å²) < 4.78 is 10.2. The summed E-state index contributed by atoms with van der Waals surface area (Å²) in [6, 6.07) is 7.25. The molecule has 2 amide bonds. The lowest BCUT2D eigenvalue weighted by molar-refractivity contribution is -0.125. The number of carbonyl (C=O) groups is 2. The van der Waals surface area contributed by atoms with Crippen LogP contribution >= 0.6 is 24.0 Å². The molecule has 2 fully saturated rings. The molecule has 0 aliphatic carbocycles. The van der Waals surface area contributed by atoms with E-state index in [9.17, 15) is 9.59 Å². The number of hydrogen-bond acceptors (Lipinski definition) is 5. The van der Waals surface area contributed by atoms with Gasteiger partial charge < -0.3 is 20.1 Å². The van der Waals surface area contributed by atoms with Crippen molar-refractivity contribution in [2.75, 3.05) is 42.6 Å². The van der Waals surface area contributed by atoms with Crippen LogP contribution in [0, 0.1) is 0 Å². The van der Waals surface area contributed by atoms with E-state index in [1.54, 1.807) is 21.9 Å². The zero-order valence-corrected chi connectivity index (χ0v) is 18.3. The number of cyclic esters (lactones) is 1. The molecule has 2 saturated heterocycles. The molecule has 0 bridgehead atoms. The number of anilines is 2. The summed E-state index contributed by atoms with van der Waals surface area (Å²) in [6.07, 6.45) is -0.654. The molecule has 2 aliphatic heterocycles. The minimum atomic E-state index is -0.388. The Balaban J connectivity index is 0. The Bertz CT molecular complexity index is 554. The van der Waals surface area contributed by atoms with Gasteiger partial charge in [0.1, 0.15) is 12.7 Å². The van der Waals surface area contributed by atoms with Crippen LogP contribution in [-0.4, -0.2) is 51.0 Å². The maximum Gasteiger partial charge on any atom is 0.414 e. The van der Waals surface area contributed by atoms with Crippen LogP contribution in [0.25, 0.3) is 0 Å². The highest BCUT2D eigenvalue weighted by Gasteiger charge is 2.31. The molecular formula is C19H34IN3O4. The van der Waals surface area contributed by atoms with Gasteiger partial charge in [0, 0.05) is 24.5 Å². The van der Waals surface area contributed by atoms with Gasteiger partial charge in [-0.25, -0.2) is 4.79 Å². The van der Waals surface area contributed by atoms with Gasteiger partial charge in [-0.05, 0) is 24.3 Å². The van der Waals surface area contributed by atoms with Crippen molar-refractivity contribution < 1.29 is 19.1 Å². The maximum atomic E-state index is 11.8. The third-order valence-electron chi connectivity index (χ3n) is 3.60. The van der Waals surface area contributed by atoms with E-state index in [1.807, 2.05) is 39.8 Å². The summed E-state index contributed by atoms with van der Waals surface area (Å²) in [4.78, 5) is 26.7. The van der Waals surface area contributed by atoms with Crippen molar-refractivity contribution in [3.05, 3.63) is 24.3 Å². The molecule has 0 spiro atoms. The molecule has 156 valence electrons. The Hall–Kier alpha value is -1.39. The summed E-state index contributed by atoms with van der Waals surface area (Å²) >= 11 is 0. The van der Waals surface area contributed by atoms with Crippen molar-refractivity contribution in [3.8, 4) is 0 Å². The molecular weight excluding hydrogens is 461 g/mol. The normalized spacial score (nSPS) is 18.0. The van der Waals surface area contributed by atoms with E-state index in [1.165, 1.54) is 0 Å². The Labute approximate surface area is 180 Å². The van der Waals surface area contributed by atoms with Crippen LogP contribution in [0.3, 0.4) is 0 Å². The van der Waals surface area contributed by atoms with Gasteiger partial charge in [-0.3, -0.25) is 9.69 Å². The fourth-order valence-corrected chi connectivity index (χ4v) is 2.46. The van der Waals surface area contributed by atoms with Crippen molar-refractivity contribution >= 4 is 47.4 Å². The van der Waals surface area contributed by atoms with E-state index >= 15 is 0 Å². The highest BCUT2D eigenvalue weighted by atomic mass is 127. The number of amides is 2. The van der Waals surface area contributed by atoms with E-state index in [-0.39, 0.29) is 56.1 Å². The Morgan fingerprint density at radius 1 is 1.04 bits per heavy atom. The molecule has 2 N–H and O–H groups in total. The average Bonchev–Trinajstić information content (AvgIpc) is 3.06. The van der Waals surface area contributed by atoms with E-state index < -0.39 is 0 Å². The monoisotopic (exact) mass is 495 g/mol. The first kappa shape index (κ1) is 27.8. The summed E-state index contributed by atoms with van der Waals surface area (Å²) in [5.41, 5.74) is 7.05. The van der Waals surface area contributed by atoms with Crippen LogP contribution in [0.1, 0.15) is 35.1 Å². The van der Waals surface area contributed by atoms with E-state index in [4.69, 9.17) is 15.2 Å². The lowest BCUT2D eigenvalue weighted by atomic mass is 10.2. The maximum absolute atomic E-state index is 11.8. The first-order chi connectivity index (χ1) is 12.2. The van der Waals surface area contributed by atoms with Crippen LogP contribution in [0.2, 0.25) is 0 Å². The van der Waals surface area contributed by atoms with Crippen molar-refractivity contribution in [2.45, 2.75) is 41.2 Å². The second kappa shape index (κ2) is 14.6. The van der Waals surface area contributed by atoms with E-state index in [0.29, 0.717) is 26.2 Å². The van der Waals surface area contributed by atoms with Crippen molar-refractivity contribution in [1.29, 1.82) is 0 Å². The molecule has 8 heteroatoms. The molecule has 0 unspecified atom stereocenters. The lowest BCUT2D eigenvalue weighted by Gasteiger charge is -2.27. The predicted octanol–water partition coefficient (Wildman–Crippen LogP) is 3.64. The highest BCUT2D eigenvalue weighted by Crippen LogP contribution is 2.25. The number of rotatable bonds is 3. The molecule has 0 aromatic heterocycles. The summed E-state index contributed by atoms with van der Waals surface area (Å²) in [6.45, 7) is 9.94. The van der Waals surface area contributed by atoms with Crippen molar-refractivity contribution in [2.24, 2.45) is 5.73 Å². The molecule has 1 aromatic carbocycles. The molecule has 0 radical (unpaired) electrons. The van der Waals surface area contributed by atoms with Crippen molar-refractivity contribution in [3.63, 3.8) is 0 Å². The zero-order chi connectivity index (χ0) is 18.8. The Kier molecular flexibility index (Phi) is 15.1. The Morgan fingerprint density at radius 2 is 1.56 bits per heavy atom. The smallest absolute Gasteiger partial charge is 0.414 e. The van der Waals surface area contributed by atoms with Gasteiger partial charge in [0.25, 0.3) is 5.91 Å². The van der Waals surface area contributed by atoms with Gasteiger partial charge >= 0.3 is 6.09 Å². The molecule has 7 nitrogen and oxygen atoms in total. The topological polar surface area (TPSA) is 85.1 Å². The van der Waals surface area contributed by atoms with Gasteiger partial charge in [0.15, 0.2) is 0 Å². The molecule has 1 atom stereocenters. The van der Waals surface area contributed by atoms with Gasteiger partial charge in [-0.1, -0.05) is 35.1 Å². The third kappa shape index (κ3) is 7.27. The summed E-state index contributed by atoms with van der Waals surface area (Å²) in [5.74, 6) is -0.0576. The number of nitrogens with zero attached hydrogens (tertiary/aromatic N) is 2. The van der Waals surface area contributed by atoms with Gasteiger partial charge in [0.2, 0.25) is 0 Å². The fourth-order valence-electron chi connectivity index (χ4n) is 2.46. The van der Waals surface area contributed by atoms with Crippen LogP contribution in [-0.2, 0) is 14.3 Å². The number of carbonyl (C=O) groups excluding carboxylic acids is 2. The number of halogens is 1. The fraction of sp³-hybridized carbons (Fsp3) is 0.579. The number of morpholine rings is 1. The summed E-state index contributed by atoms with van der Waals surface area (Å²) in [5, 5.41) is 0. The molecule has 2 heterocycles. The van der Waals surface area contributed by atoms with E-state index in [2.05, 4.69) is 0 Å². The number of hydrogen-bond donors (Lipinski definition) is 1. The molecule has 0 saturated carbocycles. The second-order valence-electron chi connectivity index (χ2n) is 4.97. The molecule has 3 rings (SSSR count). The molecule has 2 aliphatic rings. The molecule has 27 heavy (non-hydrogen) atoms. The average molecular weight is 495 g/mol. The molecule has 1 aromatic rings. The Morgan fingerprint density at radius 3 is 2.00 bits per heavy atom. The third-order valence-corrected chi connectivity index (χ3v) is 3.60. The SMILES string of the molecule is C.CC.CC.I.NC[C@H]1CN(c2ccc(N3CCOCC3=O)cc2)C(=O)O1. The minimum absolute atomic E-state index is 0. The lowest BCUT2D eigenvalue weighted by Crippen LogP contribution is -2.41. The van der Waals surface area contributed by atoms with Gasteiger partial charge in [-0.15, -0.1) is 24.0 Å². The van der Waals surface area contributed by atoms with Crippen LogP contribution in [0.15, 0.2) is 24.3 Å². The quantitative estimate of drug-likeness (QED) is 0.648. The zero-order valence-electron chi connectivity index (χ0n) is 15.9. The number of ether oxygens (including phenoxy) is 2. The van der Waals surface area contributed by atoms with Gasteiger partial charge in [-0.2, -0.15) is 0 Å². The summed E-state index contributed by atoms with van der Waals surface area (Å²) in [7, 11) is 0. The second-order valence-corrected chi connectivity index (χ2v) is 4.97. The highest BCUT2D eigenvalue weighted by molar-refractivity contribution is 14.0. The largest absolute Gasteiger partial charge is 0.443 e. The minimum Gasteiger partial charge on any atom is -0.443 e. The first-order valence-corrected chi connectivity index (χ1v) is 8.85. The standard InChI is InChI=1S/C14H17N3O4.2C2H6.CH4.HI/c15-7-12-8-17(14(19)21-12)11-3-1-10(2-4-11)16-5-6-20-9-13(16)18;2*1-2;;/h1-4,12H,5-9,15H2;2*1-2H3;1H4;1H/t12-;;;;/m0..../s1. The van der Waals surface area contributed by atoms with Crippen molar-refractivity contribution in [1.82, 2.24) is 0 Å². The van der Waals surface area contributed by atoms with Crippen LogP contribution in [0.5, 0.6) is 0 Å².